The summed E-state index contributed by atoms with van der Waals surface area (Å²) in [6.07, 6.45) is 2.86. The van der Waals surface area contributed by atoms with Crippen molar-refractivity contribution >= 4 is 23.2 Å². The smallest absolute Gasteiger partial charge is 0.141 e. The minimum absolute atomic E-state index is 0.117. The molecule has 8 heavy (non-hydrogen) atoms. The Balaban J connectivity index is 3.15. The predicted octanol–water partition coefficient (Wildman–Crippen LogP) is 2.47. The van der Waals surface area contributed by atoms with Gasteiger partial charge >= 0.3 is 0 Å². The first-order valence-electron chi connectivity index (χ1n) is 2.01. The summed E-state index contributed by atoms with van der Waals surface area (Å²) in [6.45, 7) is 3.85. The molecule has 1 nitrogen and oxygen atoms in total. The molecule has 0 saturated carbocycles. The van der Waals surface area contributed by atoms with Gasteiger partial charge in [-0.1, -0.05) is 35.9 Å². The Kier molecular flexibility index (Phi) is 4.92. The second kappa shape index (κ2) is 5.01. The molecule has 0 radical (unpaired) electrons. The quantitative estimate of drug-likeness (QED) is 0.343. The highest BCUT2D eigenvalue weighted by Gasteiger charge is 1.78. The van der Waals surface area contributed by atoms with Crippen LogP contribution in [0.4, 0.5) is 0 Å². The topological polar surface area (TPSA) is 9.23 Å². The van der Waals surface area contributed by atoms with E-state index in [1.165, 1.54) is 6.26 Å². The van der Waals surface area contributed by atoms with Gasteiger partial charge < -0.3 is 4.74 Å². The first-order valence-corrected chi connectivity index (χ1v) is 2.76. The first kappa shape index (κ1) is 7.86. The van der Waals surface area contributed by atoms with Gasteiger partial charge in [-0.15, -0.1) is 0 Å². The predicted molar refractivity (Wildman–Crippen MR) is 35.9 cm³/mol. The minimum Gasteiger partial charge on any atom is -0.495 e. The van der Waals surface area contributed by atoms with Crippen molar-refractivity contribution in [1.82, 2.24) is 0 Å². The molecule has 0 aliphatic heterocycles. The van der Waals surface area contributed by atoms with E-state index in [0.29, 0.717) is 6.61 Å². The van der Waals surface area contributed by atoms with Crippen molar-refractivity contribution in [2.45, 2.75) is 0 Å². The Bertz CT molecular complexity index is 94.6. The molecule has 0 spiro atoms. The van der Waals surface area contributed by atoms with E-state index < -0.39 is 0 Å². The third kappa shape index (κ3) is 5.86. The molecule has 0 rings (SSSR count). The highest BCUT2D eigenvalue weighted by Crippen LogP contribution is 2.05. The number of ether oxygens (including phenoxy) is 1. The fourth-order valence-electron chi connectivity index (χ4n) is 0.179. The van der Waals surface area contributed by atoms with Crippen molar-refractivity contribution in [3.05, 3.63) is 23.4 Å². The van der Waals surface area contributed by atoms with Crippen LogP contribution < -0.4 is 0 Å². The molecule has 0 aliphatic rings. The summed E-state index contributed by atoms with van der Waals surface area (Å²) in [5.74, 6) is 0. The van der Waals surface area contributed by atoms with Crippen LogP contribution in [0.3, 0.4) is 0 Å². The van der Waals surface area contributed by atoms with Gasteiger partial charge in [-0.05, 0) is 0 Å². The summed E-state index contributed by atoms with van der Waals surface area (Å²) >= 11 is 10.4. The van der Waals surface area contributed by atoms with Crippen molar-refractivity contribution in [3.63, 3.8) is 0 Å². The molecule has 0 aliphatic carbocycles. The molecule has 0 aromatic heterocycles. The largest absolute Gasteiger partial charge is 0.495 e. The summed E-state index contributed by atoms with van der Waals surface area (Å²) in [6, 6.07) is 0. The van der Waals surface area contributed by atoms with Gasteiger partial charge in [0, 0.05) is 0 Å². The van der Waals surface area contributed by atoms with Crippen molar-refractivity contribution in [2.75, 3.05) is 6.61 Å². The lowest BCUT2D eigenvalue weighted by atomic mass is 10.7. The molecular formula is C5H6Cl2O. The van der Waals surface area contributed by atoms with Crippen LogP contribution in [0.2, 0.25) is 0 Å². The third-order valence-corrected chi connectivity index (χ3v) is 0.565. The zero-order chi connectivity index (χ0) is 6.41. The molecule has 0 aromatic rings. The normalized spacial score (nSPS) is 7.75. The van der Waals surface area contributed by atoms with Crippen molar-refractivity contribution in [1.29, 1.82) is 0 Å². The Morgan fingerprint density at radius 3 is 2.62 bits per heavy atom. The maximum absolute atomic E-state index is 5.18. The van der Waals surface area contributed by atoms with Crippen LogP contribution in [-0.4, -0.2) is 6.61 Å². The van der Waals surface area contributed by atoms with Crippen LogP contribution in [0.25, 0.3) is 0 Å². The molecule has 0 amide bonds. The maximum Gasteiger partial charge on any atom is 0.141 e. The van der Waals surface area contributed by atoms with Crippen LogP contribution in [0, 0.1) is 0 Å². The minimum atomic E-state index is 0.117. The number of hydrogen-bond acceptors (Lipinski definition) is 1. The van der Waals surface area contributed by atoms with Crippen LogP contribution in [0.5, 0.6) is 0 Å². The molecule has 3 heteroatoms. The van der Waals surface area contributed by atoms with Crippen LogP contribution in [-0.2, 0) is 4.74 Å². The Hall–Kier alpha value is -0.140. The van der Waals surface area contributed by atoms with E-state index in [4.69, 9.17) is 27.9 Å². The average molecular weight is 153 g/mol. The second-order valence-electron chi connectivity index (χ2n) is 1.03. The van der Waals surface area contributed by atoms with E-state index in [-0.39, 0.29) is 4.49 Å². The van der Waals surface area contributed by atoms with Crippen molar-refractivity contribution in [2.24, 2.45) is 0 Å². The van der Waals surface area contributed by atoms with E-state index in [1.54, 1.807) is 6.08 Å². The highest BCUT2D eigenvalue weighted by atomic mass is 35.5. The van der Waals surface area contributed by atoms with Gasteiger partial charge in [-0.2, -0.15) is 0 Å². The molecule has 0 saturated heterocycles. The van der Waals surface area contributed by atoms with E-state index in [2.05, 4.69) is 6.58 Å². The lowest BCUT2D eigenvalue weighted by Crippen LogP contribution is -1.77. The number of hydrogen-bond donors (Lipinski definition) is 0. The zero-order valence-electron chi connectivity index (χ0n) is 4.23. The Morgan fingerprint density at radius 1 is 1.62 bits per heavy atom. The van der Waals surface area contributed by atoms with Gasteiger partial charge in [0.1, 0.15) is 17.4 Å². The standard InChI is InChI=1S/C5H6Cl2O/c1-2-3-8-4-5(6)7/h2,4H,1,3H2. The van der Waals surface area contributed by atoms with Gasteiger partial charge in [-0.25, -0.2) is 0 Å². The Morgan fingerprint density at radius 2 is 2.25 bits per heavy atom. The monoisotopic (exact) mass is 152 g/mol. The first-order chi connectivity index (χ1) is 3.77. The lowest BCUT2D eigenvalue weighted by Gasteiger charge is -1.90. The summed E-state index contributed by atoms with van der Waals surface area (Å²) in [7, 11) is 0. The van der Waals surface area contributed by atoms with Crippen LogP contribution >= 0.6 is 23.2 Å². The van der Waals surface area contributed by atoms with Crippen LogP contribution in [0.1, 0.15) is 0 Å². The van der Waals surface area contributed by atoms with Gasteiger partial charge in [0.2, 0.25) is 0 Å². The zero-order valence-corrected chi connectivity index (χ0v) is 5.74. The summed E-state index contributed by atoms with van der Waals surface area (Å²) in [5, 5.41) is 0. The van der Waals surface area contributed by atoms with Gasteiger partial charge in [0.15, 0.2) is 0 Å². The summed E-state index contributed by atoms with van der Waals surface area (Å²) < 4.78 is 4.82. The lowest BCUT2D eigenvalue weighted by molar-refractivity contribution is 0.290. The van der Waals surface area contributed by atoms with E-state index in [0.717, 1.165) is 0 Å². The molecule has 0 heterocycles. The molecule has 0 N–H and O–H groups in total. The fourth-order valence-corrected chi connectivity index (χ4v) is 0.305. The summed E-state index contributed by atoms with van der Waals surface area (Å²) in [4.78, 5) is 0. The van der Waals surface area contributed by atoms with E-state index in [9.17, 15) is 0 Å². The molecule has 0 atom stereocenters. The SMILES string of the molecule is C=CCOC=C(Cl)Cl. The van der Waals surface area contributed by atoms with Crippen molar-refractivity contribution < 1.29 is 4.74 Å². The number of rotatable bonds is 3. The number of halogens is 2. The molecule has 0 fully saturated rings. The van der Waals surface area contributed by atoms with E-state index in [1.807, 2.05) is 0 Å². The Labute approximate surface area is 58.5 Å². The van der Waals surface area contributed by atoms with E-state index >= 15 is 0 Å². The highest BCUT2D eigenvalue weighted by molar-refractivity contribution is 6.55. The van der Waals surface area contributed by atoms with Gasteiger partial charge in [0.25, 0.3) is 0 Å². The molecule has 0 aromatic carbocycles. The second-order valence-corrected chi connectivity index (χ2v) is 2.04. The van der Waals surface area contributed by atoms with Crippen molar-refractivity contribution in [3.8, 4) is 0 Å². The molecular weight excluding hydrogens is 147 g/mol. The summed E-state index contributed by atoms with van der Waals surface area (Å²) in [5.41, 5.74) is 0. The molecule has 0 unspecified atom stereocenters. The van der Waals surface area contributed by atoms with Gasteiger partial charge in [0.05, 0.1) is 0 Å². The fraction of sp³-hybridized carbons (Fsp3) is 0.200. The van der Waals surface area contributed by atoms with Gasteiger partial charge in [-0.3, -0.25) is 0 Å². The van der Waals surface area contributed by atoms with Crippen LogP contribution in [0.15, 0.2) is 23.4 Å². The molecule has 0 bridgehead atoms. The maximum atomic E-state index is 5.18. The third-order valence-electron chi connectivity index (χ3n) is 0.386. The average Bonchev–Trinajstić information content (AvgIpc) is 1.66. The molecule has 46 valence electrons.